The van der Waals surface area contributed by atoms with Crippen LogP contribution in [0.4, 0.5) is 0 Å². The van der Waals surface area contributed by atoms with Gasteiger partial charge in [-0.2, -0.15) is 0 Å². The summed E-state index contributed by atoms with van der Waals surface area (Å²) in [5.74, 6) is -1.17. The molecule has 0 bridgehead atoms. The standard InChI is InChI=1S/C31H60N6O9/c1-8-31(6,7)30(42)35-10-9-25(38)33-11-13-43-15-17-45-20-26(39)34-12-14-44-16-18-46-21-27(40)37-28(23(4)5)29(41)36-24(19-32)22(2)3/h22-24,28H,8-21,32H2,1-7H3,(H,33,38)(H,34,39)(H,35,42)(H,36,41)(H,37,40)/t24-,28+/m1/s1. The Balaban J connectivity index is 3.76. The van der Waals surface area contributed by atoms with Crippen molar-refractivity contribution in [1.29, 1.82) is 0 Å². The number of nitrogens with two attached hydrogens (primary N) is 1. The average Bonchev–Trinajstić information content (AvgIpc) is 3.00. The van der Waals surface area contributed by atoms with Gasteiger partial charge >= 0.3 is 0 Å². The molecule has 0 aromatic carbocycles. The first-order valence-electron chi connectivity index (χ1n) is 16.2. The van der Waals surface area contributed by atoms with Gasteiger partial charge in [-0.05, 0) is 18.3 Å². The van der Waals surface area contributed by atoms with E-state index in [-0.39, 0.29) is 107 Å². The summed E-state index contributed by atoms with van der Waals surface area (Å²) >= 11 is 0. The summed E-state index contributed by atoms with van der Waals surface area (Å²) in [4.78, 5) is 60.6. The van der Waals surface area contributed by atoms with Crippen LogP contribution in [0.5, 0.6) is 0 Å². The van der Waals surface area contributed by atoms with Gasteiger partial charge in [0.05, 0.1) is 39.6 Å². The van der Waals surface area contributed by atoms with E-state index in [1.807, 2.05) is 48.5 Å². The molecule has 0 aliphatic carbocycles. The van der Waals surface area contributed by atoms with Crippen molar-refractivity contribution in [3.05, 3.63) is 0 Å². The highest BCUT2D eigenvalue weighted by Gasteiger charge is 2.27. The van der Waals surface area contributed by atoms with E-state index in [1.165, 1.54) is 0 Å². The first-order valence-corrected chi connectivity index (χ1v) is 16.2. The lowest BCUT2D eigenvalue weighted by molar-refractivity contribution is -0.133. The molecular formula is C31H60N6O9. The molecule has 5 amide bonds. The smallest absolute Gasteiger partial charge is 0.246 e. The lowest BCUT2D eigenvalue weighted by atomic mass is 9.89. The van der Waals surface area contributed by atoms with Crippen molar-refractivity contribution in [3.63, 3.8) is 0 Å². The maximum Gasteiger partial charge on any atom is 0.246 e. The van der Waals surface area contributed by atoms with Crippen LogP contribution in [0, 0.1) is 17.3 Å². The predicted molar refractivity (Wildman–Crippen MR) is 174 cm³/mol. The molecule has 0 unspecified atom stereocenters. The van der Waals surface area contributed by atoms with Crippen molar-refractivity contribution in [3.8, 4) is 0 Å². The molecule has 268 valence electrons. The van der Waals surface area contributed by atoms with Crippen molar-refractivity contribution in [2.24, 2.45) is 23.0 Å². The van der Waals surface area contributed by atoms with Crippen LogP contribution in [0.2, 0.25) is 0 Å². The van der Waals surface area contributed by atoms with Crippen LogP contribution >= 0.6 is 0 Å². The quantitative estimate of drug-likeness (QED) is 0.0621. The zero-order valence-corrected chi connectivity index (χ0v) is 29.0. The predicted octanol–water partition coefficient (Wildman–Crippen LogP) is -0.532. The fraction of sp³-hybridized carbons (Fsp3) is 0.839. The molecule has 0 aromatic heterocycles. The number of amides is 5. The van der Waals surface area contributed by atoms with Crippen LogP contribution in [0.25, 0.3) is 0 Å². The monoisotopic (exact) mass is 660 g/mol. The molecule has 0 aliphatic rings. The number of hydrogen-bond donors (Lipinski definition) is 6. The number of carbonyl (C=O) groups is 5. The van der Waals surface area contributed by atoms with Crippen LogP contribution in [-0.2, 0) is 42.9 Å². The summed E-state index contributed by atoms with van der Waals surface area (Å²) in [7, 11) is 0. The van der Waals surface area contributed by atoms with Gasteiger partial charge in [0, 0.05) is 44.1 Å². The van der Waals surface area contributed by atoms with E-state index in [4.69, 9.17) is 24.7 Å². The van der Waals surface area contributed by atoms with Gasteiger partial charge in [0.1, 0.15) is 19.3 Å². The van der Waals surface area contributed by atoms with Gasteiger partial charge in [-0.3, -0.25) is 24.0 Å². The van der Waals surface area contributed by atoms with E-state index >= 15 is 0 Å². The topological polar surface area (TPSA) is 208 Å². The van der Waals surface area contributed by atoms with Gasteiger partial charge in [-0.25, -0.2) is 0 Å². The van der Waals surface area contributed by atoms with Gasteiger partial charge in [0.15, 0.2) is 0 Å². The Kier molecular flexibility index (Phi) is 23.7. The molecule has 15 heteroatoms. The van der Waals surface area contributed by atoms with Gasteiger partial charge in [0.2, 0.25) is 29.5 Å². The molecule has 0 aromatic rings. The molecule has 0 rings (SSSR count). The lowest BCUT2D eigenvalue weighted by Gasteiger charge is -2.26. The number of ether oxygens (including phenoxy) is 4. The average molecular weight is 661 g/mol. The fourth-order valence-electron chi connectivity index (χ4n) is 3.64. The first kappa shape index (κ1) is 43.1. The van der Waals surface area contributed by atoms with Crippen molar-refractivity contribution in [2.45, 2.75) is 73.4 Å². The Hall–Kier alpha value is -2.85. The van der Waals surface area contributed by atoms with E-state index in [9.17, 15) is 24.0 Å². The van der Waals surface area contributed by atoms with E-state index in [0.29, 0.717) is 26.1 Å². The number of nitrogens with one attached hydrogen (secondary N) is 5. The normalized spacial score (nSPS) is 12.8. The Bertz CT molecular complexity index is 902. The Morgan fingerprint density at radius 2 is 1.17 bits per heavy atom. The molecule has 0 spiro atoms. The third-order valence-corrected chi connectivity index (χ3v) is 7.14. The molecule has 0 saturated carbocycles. The minimum Gasteiger partial charge on any atom is -0.377 e. The minimum atomic E-state index is -0.698. The number of hydrogen-bond acceptors (Lipinski definition) is 10. The summed E-state index contributed by atoms with van der Waals surface area (Å²) in [6.45, 7) is 15.6. The highest BCUT2D eigenvalue weighted by atomic mass is 16.5. The molecule has 15 nitrogen and oxygen atoms in total. The molecule has 2 atom stereocenters. The minimum absolute atomic E-state index is 0.0711. The third-order valence-electron chi connectivity index (χ3n) is 7.14. The maximum atomic E-state index is 12.6. The summed E-state index contributed by atoms with van der Waals surface area (Å²) < 4.78 is 21.4. The SMILES string of the molecule is CCC(C)(C)C(=O)NCCC(=O)NCCOCCOCC(=O)NCCOCCOCC(=O)N[C@H](C(=O)N[C@H](CN)C(C)C)C(C)C. The molecule has 0 fully saturated rings. The van der Waals surface area contributed by atoms with Gasteiger partial charge < -0.3 is 51.3 Å². The highest BCUT2D eigenvalue weighted by molar-refractivity contribution is 5.88. The molecule has 0 radical (unpaired) electrons. The van der Waals surface area contributed by atoms with Crippen molar-refractivity contribution < 1.29 is 42.9 Å². The Morgan fingerprint density at radius 1 is 0.652 bits per heavy atom. The summed E-state index contributed by atoms with van der Waals surface area (Å²) in [5, 5.41) is 13.7. The van der Waals surface area contributed by atoms with Crippen LogP contribution in [0.3, 0.4) is 0 Å². The van der Waals surface area contributed by atoms with Gasteiger partial charge in [0.25, 0.3) is 0 Å². The van der Waals surface area contributed by atoms with Gasteiger partial charge in [-0.1, -0.05) is 48.5 Å². The van der Waals surface area contributed by atoms with Crippen LogP contribution in [0.15, 0.2) is 0 Å². The van der Waals surface area contributed by atoms with E-state index in [0.717, 1.165) is 0 Å². The van der Waals surface area contributed by atoms with Gasteiger partial charge in [-0.15, -0.1) is 0 Å². The third kappa shape index (κ3) is 21.0. The largest absolute Gasteiger partial charge is 0.377 e. The van der Waals surface area contributed by atoms with Crippen molar-refractivity contribution in [1.82, 2.24) is 26.6 Å². The first-order chi connectivity index (χ1) is 21.7. The summed E-state index contributed by atoms with van der Waals surface area (Å²) in [6, 6.07) is -0.871. The van der Waals surface area contributed by atoms with Crippen molar-refractivity contribution >= 4 is 29.5 Å². The Morgan fingerprint density at radius 3 is 1.67 bits per heavy atom. The number of rotatable bonds is 27. The highest BCUT2D eigenvalue weighted by Crippen LogP contribution is 2.19. The summed E-state index contributed by atoms with van der Waals surface area (Å²) in [5.41, 5.74) is 5.28. The van der Waals surface area contributed by atoms with E-state index in [1.54, 1.807) is 0 Å². The zero-order chi connectivity index (χ0) is 35.0. The molecule has 7 N–H and O–H groups in total. The second kappa shape index (κ2) is 25.3. The molecular weight excluding hydrogens is 600 g/mol. The van der Waals surface area contributed by atoms with Crippen LogP contribution < -0.4 is 32.3 Å². The summed E-state index contributed by atoms with van der Waals surface area (Å²) in [6.07, 6.45) is 0.909. The fourth-order valence-corrected chi connectivity index (χ4v) is 3.64. The second-order valence-corrected chi connectivity index (χ2v) is 12.2. The van der Waals surface area contributed by atoms with Crippen molar-refractivity contribution in [2.75, 3.05) is 79.0 Å². The zero-order valence-electron chi connectivity index (χ0n) is 29.0. The Labute approximate surface area is 274 Å². The maximum absolute atomic E-state index is 12.6. The molecule has 0 aliphatic heterocycles. The second-order valence-electron chi connectivity index (χ2n) is 12.2. The number of carbonyl (C=O) groups excluding carboxylic acids is 5. The molecule has 46 heavy (non-hydrogen) atoms. The van der Waals surface area contributed by atoms with E-state index < -0.39 is 17.4 Å². The molecule has 0 saturated heterocycles. The van der Waals surface area contributed by atoms with Crippen LogP contribution in [-0.4, -0.2) is 121 Å². The molecule has 0 heterocycles. The lowest BCUT2D eigenvalue weighted by Crippen LogP contribution is -2.55. The van der Waals surface area contributed by atoms with Crippen LogP contribution in [0.1, 0.15) is 61.3 Å². The van der Waals surface area contributed by atoms with E-state index in [2.05, 4.69) is 26.6 Å².